The number of H-pyrrole nitrogens is 1. The summed E-state index contributed by atoms with van der Waals surface area (Å²) < 4.78 is 13.0. The number of benzene rings is 1. The van der Waals surface area contributed by atoms with Gasteiger partial charge in [-0.05, 0) is 50.5 Å². The lowest BCUT2D eigenvalue weighted by Gasteiger charge is -2.24. The molecule has 0 aliphatic carbocycles. The Morgan fingerprint density at radius 2 is 1.88 bits per heavy atom. The third kappa shape index (κ3) is 3.96. The lowest BCUT2D eigenvalue weighted by Crippen LogP contribution is -2.39. The van der Waals surface area contributed by atoms with Gasteiger partial charge < -0.3 is 15.4 Å². The van der Waals surface area contributed by atoms with Gasteiger partial charge in [0.15, 0.2) is 5.78 Å². The van der Waals surface area contributed by atoms with Crippen molar-refractivity contribution in [3.63, 3.8) is 0 Å². The van der Waals surface area contributed by atoms with Crippen LogP contribution in [0.3, 0.4) is 0 Å². The number of hydrogen-bond acceptors (Lipinski definition) is 3. The van der Waals surface area contributed by atoms with Crippen molar-refractivity contribution in [1.82, 2.24) is 10.3 Å². The van der Waals surface area contributed by atoms with E-state index in [9.17, 15) is 19.1 Å². The minimum atomic E-state index is -1.35. The summed E-state index contributed by atoms with van der Waals surface area (Å²) in [6, 6.07) is 5.47. The fourth-order valence-electron chi connectivity index (χ4n) is 2.95. The first-order chi connectivity index (χ1) is 11.7. The molecule has 0 aliphatic rings. The molecule has 0 bridgehead atoms. The van der Waals surface area contributed by atoms with Gasteiger partial charge in [-0.2, -0.15) is 0 Å². The van der Waals surface area contributed by atoms with E-state index in [0.29, 0.717) is 34.5 Å². The average Bonchev–Trinajstić information content (AvgIpc) is 2.89. The zero-order valence-electron chi connectivity index (χ0n) is 14.9. The fraction of sp³-hybridized carbons (Fsp3) is 0.368. The minimum absolute atomic E-state index is 0.0475. The number of aryl methyl sites for hydroxylation is 1. The smallest absolute Gasteiger partial charge is 0.268 e. The van der Waals surface area contributed by atoms with E-state index in [1.165, 1.54) is 31.2 Å². The van der Waals surface area contributed by atoms with Gasteiger partial charge in [0, 0.05) is 11.3 Å². The van der Waals surface area contributed by atoms with Gasteiger partial charge in [-0.25, -0.2) is 4.39 Å². The lowest BCUT2D eigenvalue weighted by atomic mass is 9.96. The molecule has 3 N–H and O–H groups in total. The fourth-order valence-corrected chi connectivity index (χ4v) is 2.95. The van der Waals surface area contributed by atoms with E-state index in [1.54, 1.807) is 13.8 Å². The highest BCUT2D eigenvalue weighted by atomic mass is 19.1. The normalized spacial score (nSPS) is 13.4. The number of Topliss-reactive ketones (excluding diaryl/α,β-unsaturated/α-hetero) is 1. The molecular weight excluding hydrogens is 323 g/mol. The number of rotatable bonds is 6. The number of carbonyl (C=O) groups is 2. The Balaban J connectivity index is 2.19. The first-order valence-electron chi connectivity index (χ1n) is 8.16. The number of nitrogens with one attached hydrogen (secondary N) is 2. The van der Waals surface area contributed by atoms with Gasteiger partial charge >= 0.3 is 0 Å². The van der Waals surface area contributed by atoms with Gasteiger partial charge in [-0.1, -0.05) is 19.1 Å². The van der Waals surface area contributed by atoms with Crippen molar-refractivity contribution in [1.29, 1.82) is 0 Å². The topological polar surface area (TPSA) is 82.2 Å². The second-order valence-corrected chi connectivity index (χ2v) is 6.35. The van der Waals surface area contributed by atoms with Crippen LogP contribution in [0.4, 0.5) is 4.39 Å². The van der Waals surface area contributed by atoms with Crippen molar-refractivity contribution in [2.75, 3.05) is 6.54 Å². The molecule has 0 fully saturated rings. The summed E-state index contributed by atoms with van der Waals surface area (Å²) in [6.45, 7) is 6.59. The highest BCUT2D eigenvalue weighted by Gasteiger charge is 2.26. The summed E-state index contributed by atoms with van der Waals surface area (Å²) in [4.78, 5) is 27.3. The molecule has 1 heterocycles. The maximum atomic E-state index is 13.0. The maximum Gasteiger partial charge on any atom is 0.268 e. The number of hydrogen-bond donors (Lipinski definition) is 3. The summed E-state index contributed by atoms with van der Waals surface area (Å²) in [5.74, 6) is -0.882. The van der Waals surface area contributed by atoms with Crippen molar-refractivity contribution < 1.29 is 19.1 Å². The molecule has 2 rings (SSSR count). The minimum Gasteiger partial charge on any atom is -0.384 e. The highest BCUT2D eigenvalue weighted by Crippen LogP contribution is 2.22. The first-order valence-corrected chi connectivity index (χ1v) is 8.16. The SMILES string of the molecule is CCc1c(C(=O)NCC(C)(O)c2ccc(F)cc2)[nH]c(C)c1C(C)=O. The zero-order chi connectivity index (χ0) is 18.8. The van der Waals surface area contributed by atoms with E-state index < -0.39 is 17.3 Å². The molecule has 1 aromatic carbocycles. The molecule has 6 heteroatoms. The maximum absolute atomic E-state index is 13.0. The molecule has 1 unspecified atom stereocenters. The lowest BCUT2D eigenvalue weighted by molar-refractivity contribution is 0.0524. The van der Waals surface area contributed by atoms with Crippen LogP contribution in [0.5, 0.6) is 0 Å². The van der Waals surface area contributed by atoms with Crippen LogP contribution in [-0.2, 0) is 12.0 Å². The molecule has 1 amide bonds. The molecule has 1 atom stereocenters. The molecule has 0 saturated carbocycles. The van der Waals surface area contributed by atoms with Crippen molar-refractivity contribution in [3.05, 3.63) is 58.2 Å². The highest BCUT2D eigenvalue weighted by molar-refractivity contribution is 6.02. The molecule has 134 valence electrons. The number of aliphatic hydroxyl groups is 1. The predicted molar refractivity (Wildman–Crippen MR) is 93.2 cm³/mol. The summed E-state index contributed by atoms with van der Waals surface area (Å²) in [6.07, 6.45) is 0.538. The zero-order valence-corrected chi connectivity index (χ0v) is 14.9. The van der Waals surface area contributed by atoms with E-state index in [2.05, 4.69) is 10.3 Å². The Hall–Kier alpha value is -2.47. The van der Waals surface area contributed by atoms with Gasteiger partial charge in [-0.3, -0.25) is 9.59 Å². The monoisotopic (exact) mass is 346 g/mol. The van der Waals surface area contributed by atoms with Crippen LogP contribution in [0.1, 0.15) is 58.4 Å². The molecule has 25 heavy (non-hydrogen) atoms. The van der Waals surface area contributed by atoms with Crippen LogP contribution in [0.25, 0.3) is 0 Å². The molecule has 1 aromatic heterocycles. The number of amides is 1. The Morgan fingerprint density at radius 1 is 1.28 bits per heavy atom. The van der Waals surface area contributed by atoms with Crippen molar-refractivity contribution in [2.24, 2.45) is 0 Å². The average molecular weight is 346 g/mol. The largest absolute Gasteiger partial charge is 0.384 e. The Kier molecular flexibility index (Phi) is 5.42. The van der Waals surface area contributed by atoms with Crippen LogP contribution >= 0.6 is 0 Å². The van der Waals surface area contributed by atoms with Gasteiger partial charge in [-0.15, -0.1) is 0 Å². The molecule has 0 aliphatic heterocycles. The Morgan fingerprint density at radius 3 is 2.40 bits per heavy atom. The van der Waals surface area contributed by atoms with Gasteiger partial charge in [0.1, 0.15) is 17.1 Å². The summed E-state index contributed by atoms with van der Waals surface area (Å²) in [5.41, 5.74) is 1.35. The third-order valence-electron chi connectivity index (χ3n) is 4.28. The molecule has 5 nitrogen and oxygen atoms in total. The number of aromatic amines is 1. The number of ketones is 1. The molecular formula is C19H23FN2O3. The third-order valence-corrected chi connectivity index (χ3v) is 4.28. The van der Waals surface area contributed by atoms with E-state index in [4.69, 9.17) is 0 Å². The Bertz CT molecular complexity index is 792. The summed E-state index contributed by atoms with van der Waals surface area (Å²) in [7, 11) is 0. The first kappa shape index (κ1) is 18.9. The Labute approximate surface area is 146 Å². The number of halogens is 1. The predicted octanol–water partition coefficient (Wildman–Crippen LogP) is 2.86. The molecule has 0 saturated heterocycles. The van der Waals surface area contributed by atoms with E-state index in [1.807, 2.05) is 6.92 Å². The van der Waals surface area contributed by atoms with Gasteiger partial charge in [0.25, 0.3) is 5.91 Å². The summed E-state index contributed by atoms with van der Waals surface area (Å²) in [5, 5.41) is 13.2. The second kappa shape index (κ2) is 7.19. The van der Waals surface area contributed by atoms with E-state index in [-0.39, 0.29) is 12.3 Å². The summed E-state index contributed by atoms with van der Waals surface area (Å²) >= 11 is 0. The molecule has 2 aromatic rings. The van der Waals surface area contributed by atoms with Crippen LogP contribution in [0, 0.1) is 12.7 Å². The molecule has 0 spiro atoms. The van der Waals surface area contributed by atoms with Crippen molar-refractivity contribution >= 4 is 11.7 Å². The van der Waals surface area contributed by atoms with Crippen molar-refractivity contribution in [3.8, 4) is 0 Å². The van der Waals surface area contributed by atoms with Crippen LogP contribution in [-0.4, -0.2) is 28.3 Å². The van der Waals surface area contributed by atoms with E-state index in [0.717, 1.165) is 0 Å². The van der Waals surface area contributed by atoms with E-state index >= 15 is 0 Å². The number of carbonyl (C=O) groups excluding carboxylic acids is 2. The van der Waals surface area contributed by atoms with Crippen LogP contribution in [0.15, 0.2) is 24.3 Å². The van der Waals surface area contributed by atoms with Gasteiger partial charge in [0.05, 0.1) is 6.54 Å². The quantitative estimate of drug-likeness (QED) is 0.704. The van der Waals surface area contributed by atoms with Gasteiger partial charge in [0.2, 0.25) is 0 Å². The standard InChI is InChI=1S/C19H23FN2O3/c1-5-15-16(12(3)23)11(2)22-17(15)18(24)21-10-19(4,25)13-6-8-14(20)9-7-13/h6-9,22,25H,5,10H2,1-4H3,(H,21,24). The molecule has 0 radical (unpaired) electrons. The number of aromatic nitrogens is 1. The van der Waals surface area contributed by atoms with Crippen LogP contribution < -0.4 is 5.32 Å². The van der Waals surface area contributed by atoms with Crippen molar-refractivity contribution in [2.45, 2.75) is 39.7 Å². The van der Waals surface area contributed by atoms with Crippen LogP contribution in [0.2, 0.25) is 0 Å². The second-order valence-electron chi connectivity index (χ2n) is 6.35.